The van der Waals surface area contributed by atoms with Gasteiger partial charge in [0.25, 0.3) is 0 Å². The zero-order valence-corrected chi connectivity index (χ0v) is 10.3. The van der Waals surface area contributed by atoms with Gasteiger partial charge in [0, 0.05) is 6.04 Å². The largest absolute Gasteiger partial charge is 0.377 e. The topological polar surface area (TPSA) is 35.8 Å². The van der Waals surface area contributed by atoms with Gasteiger partial charge < -0.3 is 5.32 Å². The minimum Gasteiger partial charge on any atom is -0.377 e. The normalized spacial score (nSPS) is 23.4. The van der Waals surface area contributed by atoms with Crippen LogP contribution in [0, 0.1) is 28.9 Å². The maximum Gasteiger partial charge on any atom is 0.150 e. The third-order valence-corrected chi connectivity index (χ3v) is 3.61. The van der Waals surface area contributed by atoms with Gasteiger partial charge in [-0.1, -0.05) is 19.8 Å². The summed E-state index contributed by atoms with van der Waals surface area (Å²) in [5, 5.41) is 11.6. The maximum atomic E-state index is 13.7. The second kappa shape index (κ2) is 5.34. The van der Waals surface area contributed by atoms with E-state index in [1.807, 2.05) is 0 Å². The van der Waals surface area contributed by atoms with Crippen molar-refractivity contribution in [1.29, 1.82) is 5.26 Å². The predicted molar refractivity (Wildman–Crippen MR) is 66.1 cm³/mol. The molecule has 1 fully saturated rings. The minimum atomic E-state index is -0.690. The standard InChI is InChI=1S/C14H16F2N2/c1-9-4-2-3-5-13(9)18-14-11(15)6-10(8-17)7-12(14)16/h6-7,9,13,18H,2-5H2,1H3. The SMILES string of the molecule is CC1CCCCC1Nc1c(F)cc(C#N)cc1F. The fourth-order valence-electron chi connectivity index (χ4n) is 2.49. The quantitative estimate of drug-likeness (QED) is 0.866. The Hall–Kier alpha value is -1.63. The molecule has 2 unspecified atom stereocenters. The number of nitriles is 1. The van der Waals surface area contributed by atoms with Crippen molar-refractivity contribution >= 4 is 5.69 Å². The first-order valence-corrected chi connectivity index (χ1v) is 6.27. The van der Waals surface area contributed by atoms with Gasteiger partial charge in [-0.3, -0.25) is 0 Å². The summed E-state index contributed by atoms with van der Waals surface area (Å²) in [6.45, 7) is 2.09. The monoisotopic (exact) mass is 250 g/mol. The number of anilines is 1. The van der Waals surface area contributed by atoms with Crippen molar-refractivity contribution in [3.63, 3.8) is 0 Å². The van der Waals surface area contributed by atoms with E-state index in [0.29, 0.717) is 5.92 Å². The van der Waals surface area contributed by atoms with Crippen molar-refractivity contribution < 1.29 is 8.78 Å². The van der Waals surface area contributed by atoms with Crippen LogP contribution in [0.25, 0.3) is 0 Å². The Balaban J connectivity index is 2.21. The van der Waals surface area contributed by atoms with E-state index in [4.69, 9.17) is 5.26 Å². The number of hydrogen-bond donors (Lipinski definition) is 1. The summed E-state index contributed by atoms with van der Waals surface area (Å²) in [5.74, 6) is -0.971. The number of benzene rings is 1. The van der Waals surface area contributed by atoms with E-state index in [1.54, 1.807) is 6.07 Å². The second-order valence-corrected chi connectivity index (χ2v) is 4.94. The van der Waals surface area contributed by atoms with Gasteiger partial charge in [-0.05, 0) is 30.9 Å². The van der Waals surface area contributed by atoms with Gasteiger partial charge in [-0.15, -0.1) is 0 Å². The van der Waals surface area contributed by atoms with Crippen LogP contribution in [-0.4, -0.2) is 6.04 Å². The van der Waals surface area contributed by atoms with Crippen LogP contribution < -0.4 is 5.32 Å². The molecule has 0 bridgehead atoms. The summed E-state index contributed by atoms with van der Waals surface area (Å²) in [5.41, 5.74) is -0.0972. The third-order valence-electron chi connectivity index (χ3n) is 3.61. The molecular weight excluding hydrogens is 234 g/mol. The molecule has 1 saturated carbocycles. The van der Waals surface area contributed by atoms with Gasteiger partial charge in [0.15, 0.2) is 11.6 Å². The highest BCUT2D eigenvalue weighted by Gasteiger charge is 2.23. The van der Waals surface area contributed by atoms with E-state index >= 15 is 0 Å². The lowest BCUT2D eigenvalue weighted by Gasteiger charge is -2.30. The van der Waals surface area contributed by atoms with Gasteiger partial charge in [-0.2, -0.15) is 5.26 Å². The Labute approximate surface area is 106 Å². The lowest BCUT2D eigenvalue weighted by atomic mass is 9.86. The van der Waals surface area contributed by atoms with Crippen LogP contribution in [0.2, 0.25) is 0 Å². The number of nitrogens with one attached hydrogen (secondary N) is 1. The van der Waals surface area contributed by atoms with Crippen LogP contribution in [0.3, 0.4) is 0 Å². The molecule has 0 aliphatic heterocycles. The lowest BCUT2D eigenvalue weighted by molar-refractivity contribution is 0.347. The van der Waals surface area contributed by atoms with Crippen LogP contribution >= 0.6 is 0 Å². The zero-order valence-electron chi connectivity index (χ0n) is 10.3. The molecule has 96 valence electrons. The average molecular weight is 250 g/mol. The highest BCUT2D eigenvalue weighted by atomic mass is 19.1. The molecular formula is C14H16F2N2. The van der Waals surface area contributed by atoms with Gasteiger partial charge in [0.2, 0.25) is 0 Å². The maximum absolute atomic E-state index is 13.7. The second-order valence-electron chi connectivity index (χ2n) is 4.94. The van der Waals surface area contributed by atoms with Crippen molar-refractivity contribution in [2.45, 2.75) is 38.6 Å². The predicted octanol–water partition coefficient (Wildman–Crippen LogP) is 3.83. The molecule has 0 aromatic heterocycles. The van der Waals surface area contributed by atoms with E-state index in [1.165, 1.54) is 6.42 Å². The van der Waals surface area contributed by atoms with Crippen LogP contribution in [0.5, 0.6) is 0 Å². The van der Waals surface area contributed by atoms with Crippen LogP contribution in [-0.2, 0) is 0 Å². The molecule has 0 spiro atoms. The molecule has 1 aliphatic rings. The molecule has 4 heteroatoms. The van der Waals surface area contributed by atoms with Gasteiger partial charge in [0.05, 0.1) is 11.6 Å². The number of hydrogen-bond acceptors (Lipinski definition) is 2. The summed E-state index contributed by atoms with van der Waals surface area (Å²) < 4.78 is 27.5. The number of nitrogens with zero attached hydrogens (tertiary/aromatic N) is 1. The molecule has 18 heavy (non-hydrogen) atoms. The molecule has 1 N–H and O–H groups in total. The van der Waals surface area contributed by atoms with Crippen LogP contribution in [0.15, 0.2) is 12.1 Å². The Morgan fingerprint density at radius 3 is 2.39 bits per heavy atom. The number of rotatable bonds is 2. The molecule has 0 amide bonds. The van der Waals surface area contributed by atoms with Crippen molar-refractivity contribution in [2.24, 2.45) is 5.92 Å². The van der Waals surface area contributed by atoms with Crippen molar-refractivity contribution in [3.8, 4) is 6.07 Å². The Morgan fingerprint density at radius 2 is 1.83 bits per heavy atom. The highest BCUT2D eigenvalue weighted by molar-refractivity contribution is 5.51. The van der Waals surface area contributed by atoms with Gasteiger partial charge >= 0.3 is 0 Å². The Kier molecular flexibility index (Phi) is 3.81. The van der Waals surface area contributed by atoms with E-state index in [9.17, 15) is 8.78 Å². The summed E-state index contributed by atoms with van der Waals surface area (Å²) >= 11 is 0. The molecule has 2 rings (SSSR count). The minimum absolute atomic E-state index is 0.00671. The molecule has 1 aromatic rings. The lowest BCUT2D eigenvalue weighted by Crippen LogP contribution is -2.31. The molecule has 1 aliphatic carbocycles. The molecule has 2 atom stereocenters. The summed E-state index contributed by atoms with van der Waals surface area (Å²) in [6.07, 6.45) is 4.27. The van der Waals surface area contributed by atoms with Crippen LogP contribution in [0.4, 0.5) is 14.5 Å². The fraction of sp³-hybridized carbons (Fsp3) is 0.500. The van der Waals surface area contributed by atoms with Crippen molar-refractivity contribution in [3.05, 3.63) is 29.3 Å². The van der Waals surface area contributed by atoms with Crippen molar-refractivity contribution in [2.75, 3.05) is 5.32 Å². The first-order chi connectivity index (χ1) is 8.61. The molecule has 0 saturated heterocycles. The summed E-state index contributed by atoms with van der Waals surface area (Å²) in [6, 6.07) is 3.98. The third kappa shape index (κ3) is 2.61. The first kappa shape index (κ1) is 12.8. The Bertz CT molecular complexity index is 456. The molecule has 1 aromatic carbocycles. The van der Waals surface area contributed by atoms with E-state index in [0.717, 1.165) is 31.4 Å². The summed E-state index contributed by atoms with van der Waals surface area (Å²) in [7, 11) is 0. The van der Waals surface area contributed by atoms with Crippen molar-refractivity contribution in [1.82, 2.24) is 0 Å². The molecule has 2 nitrogen and oxygen atoms in total. The molecule has 0 radical (unpaired) electrons. The number of halogens is 2. The van der Waals surface area contributed by atoms with Gasteiger partial charge in [-0.25, -0.2) is 8.78 Å². The van der Waals surface area contributed by atoms with E-state index in [2.05, 4.69) is 12.2 Å². The highest BCUT2D eigenvalue weighted by Crippen LogP contribution is 2.29. The Morgan fingerprint density at radius 1 is 1.22 bits per heavy atom. The van der Waals surface area contributed by atoms with E-state index < -0.39 is 11.6 Å². The first-order valence-electron chi connectivity index (χ1n) is 6.27. The smallest absolute Gasteiger partial charge is 0.150 e. The average Bonchev–Trinajstić information content (AvgIpc) is 2.35. The van der Waals surface area contributed by atoms with E-state index in [-0.39, 0.29) is 17.3 Å². The van der Waals surface area contributed by atoms with Crippen LogP contribution in [0.1, 0.15) is 38.2 Å². The fourth-order valence-corrected chi connectivity index (χ4v) is 2.49. The summed E-state index contributed by atoms with van der Waals surface area (Å²) in [4.78, 5) is 0. The zero-order chi connectivity index (χ0) is 13.1. The van der Waals surface area contributed by atoms with Gasteiger partial charge in [0.1, 0.15) is 5.69 Å². The molecule has 0 heterocycles.